The molecule has 0 spiro atoms. The van der Waals surface area contributed by atoms with Crippen LogP contribution in [-0.2, 0) is 0 Å². The van der Waals surface area contributed by atoms with Crippen molar-refractivity contribution in [3.8, 4) is 11.1 Å². The molecule has 1 atom stereocenters. The van der Waals surface area contributed by atoms with Gasteiger partial charge in [0.05, 0.1) is 11.6 Å². The van der Waals surface area contributed by atoms with Gasteiger partial charge >= 0.3 is 0 Å². The van der Waals surface area contributed by atoms with Crippen LogP contribution in [0.1, 0.15) is 28.9 Å². The van der Waals surface area contributed by atoms with Gasteiger partial charge < -0.3 is 5.32 Å². The molecular formula is C20H17BrN2O. The summed E-state index contributed by atoms with van der Waals surface area (Å²) < 4.78 is 0.787. The molecule has 3 nitrogen and oxygen atoms in total. The molecule has 0 aliphatic heterocycles. The number of nitrogens with one attached hydrogen (secondary N) is 1. The Morgan fingerprint density at radius 3 is 2.33 bits per heavy atom. The zero-order valence-corrected chi connectivity index (χ0v) is 14.8. The van der Waals surface area contributed by atoms with Gasteiger partial charge in [-0.05, 0) is 45.6 Å². The van der Waals surface area contributed by atoms with E-state index in [9.17, 15) is 4.79 Å². The molecule has 4 heteroatoms. The summed E-state index contributed by atoms with van der Waals surface area (Å²) in [5, 5.41) is 3.00. The number of halogens is 1. The minimum absolute atomic E-state index is 0.0821. The second kappa shape index (κ2) is 7.41. The first-order valence-electron chi connectivity index (χ1n) is 7.70. The van der Waals surface area contributed by atoms with Gasteiger partial charge in [0.2, 0.25) is 0 Å². The monoisotopic (exact) mass is 380 g/mol. The van der Waals surface area contributed by atoms with E-state index in [0.29, 0.717) is 5.56 Å². The number of hydrogen-bond donors (Lipinski definition) is 1. The number of carbonyl (C=O) groups is 1. The van der Waals surface area contributed by atoms with Gasteiger partial charge in [-0.1, -0.05) is 54.6 Å². The molecule has 0 fully saturated rings. The van der Waals surface area contributed by atoms with Gasteiger partial charge in [-0.2, -0.15) is 0 Å². The molecule has 0 aliphatic carbocycles. The van der Waals surface area contributed by atoms with Gasteiger partial charge in [-0.3, -0.25) is 9.78 Å². The lowest BCUT2D eigenvalue weighted by molar-refractivity contribution is 0.0939. The van der Waals surface area contributed by atoms with E-state index in [1.807, 2.05) is 37.3 Å². The van der Waals surface area contributed by atoms with Gasteiger partial charge in [0.1, 0.15) is 0 Å². The first-order chi connectivity index (χ1) is 11.6. The van der Waals surface area contributed by atoms with Crippen LogP contribution in [0.2, 0.25) is 0 Å². The summed E-state index contributed by atoms with van der Waals surface area (Å²) in [5.41, 5.74) is 3.94. The van der Waals surface area contributed by atoms with E-state index in [1.165, 1.54) is 5.56 Å². The predicted molar refractivity (Wildman–Crippen MR) is 99.7 cm³/mol. The first-order valence-corrected chi connectivity index (χ1v) is 8.49. The van der Waals surface area contributed by atoms with Crippen molar-refractivity contribution in [2.24, 2.45) is 0 Å². The molecule has 24 heavy (non-hydrogen) atoms. The summed E-state index contributed by atoms with van der Waals surface area (Å²) in [4.78, 5) is 16.3. The van der Waals surface area contributed by atoms with Crippen LogP contribution in [0, 0.1) is 0 Å². The average Bonchev–Trinajstić information content (AvgIpc) is 2.62. The molecule has 1 amide bonds. The Bertz CT molecular complexity index is 832. The predicted octanol–water partition coefficient (Wildman–Crippen LogP) is 5.00. The van der Waals surface area contributed by atoms with Crippen LogP contribution < -0.4 is 5.32 Å². The van der Waals surface area contributed by atoms with E-state index in [2.05, 4.69) is 50.5 Å². The van der Waals surface area contributed by atoms with E-state index in [4.69, 9.17) is 0 Å². The number of nitrogens with zero attached hydrogens (tertiary/aromatic N) is 1. The molecule has 0 radical (unpaired) electrons. The molecule has 0 saturated carbocycles. The average molecular weight is 381 g/mol. The van der Waals surface area contributed by atoms with E-state index in [-0.39, 0.29) is 11.9 Å². The van der Waals surface area contributed by atoms with Crippen LogP contribution in [0.15, 0.2) is 77.5 Å². The molecule has 0 saturated heterocycles. The van der Waals surface area contributed by atoms with Crippen LogP contribution in [0.3, 0.4) is 0 Å². The Labute approximate surface area is 149 Å². The summed E-state index contributed by atoms with van der Waals surface area (Å²) in [6.45, 7) is 1.97. The number of aromatic nitrogens is 1. The molecule has 2 aromatic carbocycles. The molecule has 120 valence electrons. The van der Waals surface area contributed by atoms with Crippen molar-refractivity contribution in [3.05, 3.63) is 88.7 Å². The van der Waals surface area contributed by atoms with Crippen molar-refractivity contribution >= 4 is 21.8 Å². The lowest BCUT2D eigenvalue weighted by Crippen LogP contribution is -2.26. The minimum Gasteiger partial charge on any atom is -0.345 e. The number of benzene rings is 2. The van der Waals surface area contributed by atoms with E-state index in [0.717, 1.165) is 15.6 Å². The normalized spacial score (nSPS) is 11.8. The van der Waals surface area contributed by atoms with E-state index < -0.39 is 0 Å². The fourth-order valence-electron chi connectivity index (χ4n) is 2.49. The van der Waals surface area contributed by atoms with Gasteiger partial charge in [-0.15, -0.1) is 0 Å². The molecule has 3 rings (SSSR count). The van der Waals surface area contributed by atoms with Crippen LogP contribution in [0.25, 0.3) is 11.1 Å². The summed E-state index contributed by atoms with van der Waals surface area (Å²) >= 11 is 3.33. The third-order valence-corrected chi connectivity index (χ3v) is 4.27. The van der Waals surface area contributed by atoms with Crippen molar-refractivity contribution in [1.29, 1.82) is 0 Å². The summed E-state index contributed by atoms with van der Waals surface area (Å²) in [6.07, 6.45) is 3.22. The Balaban J connectivity index is 1.71. The largest absolute Gasteiger partial charge is 0.345 e. The number of pyridine rings is 1. The number of amides is 1. The highest BCUT2D eigenvalue weighted by Gasteiger charge is 2.12. The smallest absolute Gasteiger partial charge is 0.253 e. The molecule has 0 bridgehead atoms. The second-order valence-corrected chi connectivity index (χ2v) is 6.49. The number of carbonyl (C=O) groups excluding carboxylic acids is 1. The Kier molecular flexibility index (Phi) is 5.06. The summed E-state index contributed by atoms with van der Waals surface area (Å²) in [5.74, 6) is -0.136. The lowest BCUT2D eigenvalue weighted by atomic mass is 10.0. The van der Waals surface area contributed by atoms with Gasteiger partial charge in [0, 0.05) is 16.9 Å². The molecule has 3 aromatic rings. The molecule has 1 heterocycles. The molecule has 1 N–H and O–H groups in total. The van der Waals surface area contributed by atoms with Crippen molar-refractivity contribution in [2.75, 3.05) is 0 Å². The van der Waals surface area contributed by atoms with Crippen LogP contribution in [0.4, 0.5) is 0 Å². The molecule has 1 aromatic heterocycles. The Hall–Kier alpha value is -2.46. The summed E-state index contributed by atoms with van der Waals surface area (Å²) in [7, 11) is 0. The molecular weight excluding hydrogens is 364 g/mol. The van der Waals surface area contributed by atoms with Crippen molar-refractivity contribution in [2.45, 2.75) is 13.0 Å². The van der Waals surface area contributed by atoms with Crippen LogP contribution >= 0.6 is 15.9 Å². The van der Waals surface area contributed by atoms with Gasteiger partial charge in [0.25, 0.3) is 5.91 Å². The Morgan fingerprint density at radius 1 is 1.00 bits per heavy atom. The highest BCUT2D eigenvalue weighted by Crippen LogP contribution is 2.22. The number of hydrogen-bond acceptors (Lipinski definition) is 2. The SMILES string of the molecule is C[C@@H](NC(=O)c1cncc(Br)c1)c1ccc(-c2ccccc2)cc1. The minimum atomic E-state index is -0.136. The fraction of sp³-hybridized carbons (Fsp3) is 0.100. The maximum atomic E-state index is 12.3. The van der Waals surface area contributed by atoms with Crippen molar-refractivity contribution in [3.63, 3.8) is 0 Å². The summed E-state index contributed by atoms with van der Waals surface area (Å²) in [6, 6.07) is 20.2. The second-order valence-electron chi connectivity index (χ2n) is 5.58. The van der Waals surface area contributed by atoms with E-state index >= 15 is 0 Å². The highest BCUT2D eigenvalue weighted by atomic mass is 79.9. The maximum absolute atomic E-state index is 12.3. The first kappa shape index (κ1) is 16.4. The van der Waals surface area contributed by atoms with E-state index in [1.54, 1.807) is 18.5 Å². The van der Waals surface area contributed by atoms with Crippen LogP contribution in [-0.4, -0.2) is 10.9 Å². The maximum Gasteiger partial charge on any atom is 0.253 e. The fourth-order valence-corrected chi connectivity index (χ4v) is 2.86. The topological polar surface area (TPSA) is 42.0 Å². The zero-order valence-electron chi connectivity index (χ0n) is 13.2. The van der Waals surface area contributed by atoms with Gasteiger partial charge in [0.15, 0.2) is 0 Å². The molecule has 0 aliphatic rings. The van der Waals surface area contributed by atoms with Crippen molar-refractivity contribution in [1.82, 2.24) is 10.3 Å². The molecule has 0 unspecified atom stereocenters. The quantitative estimate of drug-likeness (QED) is 0.691. The third kappa shape index (κ3) is 3.89. The third-order valence-electron chi connectivity index (χ3n) is 3.83. The highest BCUT2D eigenvalue weighted by molar-refractivity contribution is 9.10. The van der Waals surface area contributed by atoms with Crippen LogP contribution in [0.5, 0.6) is 0 Å². The number of rotatable bonds is 4. The lowest BCUT2D eigenvalue weighted by Gasteiger charge is -2.15. The standard InChI is InChI=1S/C20H17BrN2O/c1-14(23-20(24)18-11-19(21)13-22-12-18)15-7-9-17(10-8-15)16-5-3-2-4-6-16/h2-14H,1H3,(H,23,24)/t14-/m1/s1. The Morgan fingerprint density at radius 2 is 1.67 bits per heavy atom. The zero-order chi connectivity index (χ0) is 16.9. The van der Waals surface area contributed by atoms with Crippen molar-refractivity contribution < 1.29 is 4.79 Å². The van der Waals surface area contributed by atoms with Gasteiger partial charge in [-0.25, -0.2) is 0 Å².